The van der Waals surface area contributed by atoms with Gasteiger partial charge in [-0.3, -0.25) is 9.59 Å². The number of hydrogen-bond donors (Lipinski definition) is 1. The molecule has 0 unspecified atom stereocenters. The number of aromatic nitrogens is 1. The number of benzene rings is 1. The van der Waals surface area contributed by atoms with Crippen molar-refractivity contribution in [2.24, 2.45) is 0 Å². The third kappa shape index (κ3) is 6.29. The number of ether oxygens (including phenoxy) is 2. The van der Waals surface area contributed by atoms with Gasteiger partial charge in [-0.2, -0.15) is 0 Å². The molecule has 6 nitrogen and oxygen atoms in total. The molecule has 26 heavy (non-hydrogen) atoms. The van der Waals surface area contributed by atoms with Crippen LogP contribution in [0.25, 0.3) is 0 Å². The van der Waals surface area contributed by atoms with Gasteiger partial charge in [0.15, 0.2) is 5.78 Å². The normalized spacial score (nSPS) is 11.1. The van der Waals surface area contributed by atoms with Crippen molar-refractivity contribution >= 4 is 17.4 Å². The number of carbonyl (C=O) groups is 2. The fourth-order valence-electron chi connectivity index (χ4n) is 2.11. The Labute approximate surface area is 153 Å². The van der Waals surface area contributed by atoms with E-state index in [1.54, 1.807) is 36.4 Å². The van der Waals surface area contributed by atoms with E-state index in [1.165, 1.54) is 13.1 Å². The summed E-state index contributed by atoms with van der Waals surface area (Å²) in [7, 11) is 0. The fourth-order valence-corrected chi connectivity index (χ4v) is 2.11. The van der Waals surface area contributed by atoms with Gasteiger partial charge in [-0.05, 0) is 45.9 Å². The highest BCUT2D eigenvalue weighted by atomic mass is 16.5. The fraction of sp³-hybridized carbons (Fsp3) is 0.350. The molecular formula is C20H24N2O4. The Morgan fingerprint density at radius 3 is 2.46 bits per heavy atom. The van der Waals surface area contributed by atoms with Crippen LogP contribution in [0.4, 0.5) is 5.69 Å². The third-order valence-electron chi connectivity index (χ3n) is 3.39. The molecule has 1 aromatic heterocycles. The zero-order valence-corrected chi connectivity index (χ0v) is 15.5. The zero-order chi connectivity index (χ0) is 19.2. The molecule has 0 aliphatic rings. The van der Waals surface area contributed by atoms with Crippen LogP contribution in [0.5, 0.6) is 5.88 Å². The Hall–Kier alpha value is -2.73. The van der Waals surface area contributed by atoms with Crippen LogP contribution in [-0.2, 0) is 4.74 Å². The summed E-state index contributed by atoms with van der Waals surface area (Å²) in [5.41, 5.74) is 1.29. The largest absolute Gasteiger partial charge is 0.475 e. The molecule has 0 fully saturated rings. The number of rotatable bonds is 7. The average molecular weight is 356 g/mol. The lowest BCUT2D eigenvalue weighted by atomic mass is 10.1. The second-order valence-corrected chi connectivity index (χ2v) is 6.79. The quantitative estimate of drug-likeness (QED) is 0.604. The van der Waals surface area contributed by atoms with E-state index in [-0.39, 0.29) is 17.3 Å². The first-order chi connectivity index (χ1) is 12.2. The molecule has 1 heterocycles. The van der Waals surface area contributed by atoms with E-state index in [1.807, 2.05) is 20.8 Å². The van der Waals surface area contributed by atoms with E-state index < -0.39 is 0 Å². The predicted molar refractivity (Wildman–Crippen MR) is 99.8 cm³/mol. The molecule has 2 rings (SSSR count). The summed E-state index contributed by atoms with van der Waals surface area (Å²) >= 11 is 0. The van der Waals surface area contributed by atoms with Crippen molar-refractivity contribution in [3.05, 3.63) is 53.7 Å². The van der Waals surface area contributed by atoms with Gasteiger partial charge in [0.2, 0.25) is 5.88 Å². The minimum absolute atomic E-state index is 0.0558. The van der Waals surface area contributed by atoms with Crippen molar-refractivity contribution in [2.75, 3.05) is 18.5 Å². The lowest BCUT2D eigenvalue weighted by molar-refractivity contribution is -0.0168. The van der Waals surface area contributed by atoms with Crippen LogP contribution in [-0.4, -0.2) is 35.5 Å². The summed E-state index contributed by atoms with van der Waals surface area (Å²) in [6.45, 7) is 8.25. The summed E-state index contributed by atoms with van der Waals surface area (Å²) in [6.07, 6.45) is 1.45. The number of amides is 1. The standard InChI is InChI=1S/C20H24N2O4/c1-14(23)15-6-5-7-17(12-15)22-19(24)16-8-9-18(21-13-16)25-10-11-26-20(2,3)4/h5-9,12-13H,10-11H2,1-4H3,(H,22,24). The Morgan fingerprint density at radius 1 is 1.08 bits per heavy atom. The molecule has 1 amide bonds. The van der Waals surface area contributed by atoms with Crippen LogP contribution < -0.4 is 10.1 Å². The van der Waals surface area contributed by atoms with Crippen molar-refractivity contribution in [1.29, 1.82) is 0 Å². The van der Waals surface area contributed by atoms with Crippen LogP contribution in [0.2, 0.25) is 0 Å². The first kappa shape index (κ1) is 19.6. The first-order valence-corrected chi connectivity index (χ1v) is 8.40. The highest BCUT2D eigenvalue weighted by Gasteiger charge is 2.10. The SMILES string of the molecule is CC(=O)c1cccc(NC(=O)c2ccc(OCCOC(C)(C)C)nc2)c1. The smallest absolute Gasteiger partial charge is 0.257 e. The van der Waals surface area contributed by atoms with E-state index in [0.29, 0.717) is 35.9 Å². The van der Waals surface area contributed by atoms with Gasteiger partial charge in [0, 0.05) is 23.5 Å². The van der Waals surface area contributed by atoms with E-state index in [0.717, 1.165) is 0 Å². The Kier molecular flexibility index (Phi) is 6.46. The summed E-state index contributed by atoms with van der Waals surface area (Å²) in [5, 5.41) is 2.75. The number of ketones is 1. The molecule has 0 saturated carbocycles. The van der Waals surface area contributed by atoms with Crippen molar-refractivity contribution < 1.29 is 19.1 Å². The Balaban J connectivity index is 1.90. The van der Waals surface area contributed by atoms with E-state index >= 15 is 0 Å². The predicted octanol–water partition coefficient (Wildman–Crippen LogP) is 3.73. The van der Waals surface area contributed by atoms with Gasteiger partial charge >= 0.3 is 0 Å². The summed E-state index contributed by atoms with van der Waals surface area (Å²) in [4.78, 5) is 27.8. The molecule has 0 aliphatic heterocycles. The third-order valence-corrected chi connectivity index (χ3v) is 3.39. The number of anilines is 1. The van der Waals surface area contributed by atoms with Crippen molar-refractivity contribution in [3.63, 3.8) is 0 Å². The molecule has 0 atom stereocenters. The highest BCUT2D eigenvalue weighted by molar-refractivity contribution is 6.05. The minimum atomic E-state index is -0.305. The average Bonchev–Trinajstić information content (AvgIpc) is 2.58. The van der Waals surface area contributed by atoms with Crippen molar-refractivity contribution in [2.45, 2.75) is 33.3 Å². The van der Waals surface area contributed by atoms with Crippen LogP contribution in [0, 0.1) is 0 Å². The molecular weight excluding hydrogens is 332 g/mol. The van der Waals surface area contributed by atoms with E-state index in [4.69, 9.17) is 9.47 Å². The maximum Gasteiger partial charge on any atom is 0.257 e. The lowest BCUT2D eigenvalue weighted by Crippen LogP contribution is -2.22. The highest BCUT2D eigenvalue weighted by Crippen LogP contribution is 2.14. The van der Waals surface area contributed by atoms with Gasteiger partial charge in [0.25, 0.3) is 5.91 Å². The molecule has 2 aromatic rings. The van der Waals surface area contributed by atoms with Gasteiger partial charge in [0.05, 0.1) is 17.8 Å². The topological polar surface area (TPSA) is 77.5 Å². The Bertz CT molecular complexity index is 764. The van der Waals surface area contributed by atoms with Crippen molar-refractivity contribution in [3.8, 4) is 5.88 Å². The summed E-state index contributed by atoms with van der Waals surface area (Å²) in [5.74, 6) is 0.0677. The molecule has 0 radical (unpaired) electrons. The molecule has 6 heteroatoms. The monoisotopic (exact) mass is 356 g/mol. The molecule has 1 aromatic carbocycles. The second kappa shape index (κ2) is 8.58. The second-order valence-electron chi connectivity index (χ2n) is 6.79. The van der Waals surface area contributed by atoms with Gasteiger partial charge < -0.3 is 14.8 Å². The maximum absolute atomic E-state index is 12.3. The summed E-state index contributed by atoms with van der Waals surface area (Å²) in [6, 6.07) is 10.1. The van der Waals surface area contributed by atoms with Crippen LogP contribution in [0.15, 0.2) is 42.6 Å². The van der Waals surface area contributed by atoms with Gasteiger partial charge in [-0.25, -0.2) is 4.98 Å². The molecule has 138 valence electrons. The zero-order valence-electron chi connectivity index (χ0n) is 15.5. The van der Waals surface area contributed by atoms with Gasteiger partial charge in [-0.15, -0.1) is 0 Å². The van der Waals surface area contributed by atoms with Gasteiger partial charge in [-0.1, -0.05) is 12.1 Å². The molecule has 0 spiro atoms. The maximum atomic E-state index is 12.3. The molecule has 0 aliphatic carbocycles. The number of pyridine rings is 1. The number of Topliss-reactive ketones (excluding diaryl/α,β-unsaturated/α-hetero) is 1. The first-order valence-electron chi connectivity index (χ1n) is 8.40. The van der Waals surface area contributed by atoms with Crippen LogP contribution in [0.3, 0.4) is 0 Å². The van der Waals surface area contributed by atoms with Crippen molar-refractivity contribution in [1.82, 2.24) is 4.98 Å². The van der Waals surface area contributed by atoms with Crippen LogP contribution in [0.1, 0.15) is 48.4 Å². The van der Waals surface area contributed by atoms with E-state index in [9.17, 15) is 9.59 Å². The molecule has 1 N–H and O–H groups in total. The van der Waals surface area contributed by atoms with Gasteiger partial charge in [0.1, 0.15) is 6.61 Å². The van der Waals surface area contributed by atoms with E-state index in [2.05, 4.69) is 10.3 Å². The Morgan fingerprint density at radius 2 is 1.85 bits per heavy atom. The molecule has 0 bridgehead atoms. The number of nitrogens with one attached hydrogen (secondary N) is 1. The minimum Gasteiger partial charge on any atom is -0.475 e. The molecule has 0 saturated heterocycles. The lowest BCUT2D eigenvalue weighted by Gasteiger charge is -2.19. The number of carbonyl (C=O) groups excluding carboxylic acids is 2. The summed E-state index contributed by atoms with van der Waals surface area (Å²) < 4.78 is 11.1. The number of nitrogens with zero attached hydrogens (tertiary/aromatic N) is 1. The number of hydrogen-bond acceptors (Lipinski definition) is 5. The van der Waals surface area contributed by atoms with Crippen LogP contribution >= 0.6 is 0 Å².